The van der Waals surface area contributed by atoms with Gasteiger partial charge in [0.05, 0.1) is 13.7 Å². The number of fused-ring (bicyclic) bond motifs is 1. The lowest BCUT2D eigenvalue weighted by molar-refractivity contribution is 0.225. The van der Waals surface area contributed by atoms with Crippen LogP contribution >= 0.6 is 0 Å². The minimum Gasteiger partial charge on any atom is -0.497 e. The molecule has 0 amide bonds. The molecule has 0 bridgehead atoms. The zero-order valence-electron chi connectivity index (χ0n) is 14.0. The van der Waals surface area contributed by atoms with E-state index in [1.165, 1.54) is 5.56 Å². The molecule has 118 valence electrons. The van der Waals surface area contributed by atoms with Crippen LogP contribution in [0, 0.1) is 17.8 Å². The Morgan fingerprint density at radius 3 is 2.57 bits per heavy atom. The van der Waals surface area contributed by atoms with E-state index in [2.05, 4.69) is 39.1 Å². The molecule has 1 aliphatic rings. The van der Waals surface area contributed by atoms with Gasteiger partial charge in [0.15, 0.2) is 0 Å². The first-order valence-electron chi connectivity index (χ1n) is 8.07. The minimum atomic E-state index is 0.365. The quantitative estimate of drug-likeness (QED) is 0.858. The smallest absolute Gasteiger partial charge is 0.124 e. The van der Waals surface area contributed by atoms with Gasteiger partial charge in [0.25, 0.3) is 0 Å². The van der Waals surface area contributed by atoms with Gasteiger partial charge in [-0.2, -0.15) is 0 Å². The van der Waals surface area contributed by atoms with Crippen LogP contribution in [0.15, 0.2) is 18.2 Å². The molecule has 2 rings (SSSR count). The van der Waals surface area contributed by atoms with Gasteiger partial charge in [0, 0.05) is 18.0 Å². The third-order valence-corrected chi connectivity index (χ3v) is 4.57. The molecule has 0 spiro atoms. The van der Waals surface area contributed by atoms with Gasteiger partial charge in [-0.25, -0.2) is 0 Å². The van der Waals surface area contributed by atoms with Crippen molar-refractivity contribution in [2.75, 3.05) is 20.3 Å². The highest BCUT2D eigenvalue weighted by Crippen LogP contribution is 2.35. The van der Waals surface area contributed by atoms with Crippen molar-refractivity contribution in [3.05, 3.63) is 23.8 Å². The van der Waals surface area contributed by atoms with Crippen LogP contribution in [0.1, 0.15) is 45.7 Å². The number of ether oxygens (including phenoxy) is 2. The summed E-state index contributed by atoms with van der Waals surface area (Å²) in [5.74, 6) is 3.98. The summed E-state index contributed by atoms with van der Waals surface area (Å²) in [7, 11) is 1.71. The summed E-state index contributed by atoms with van der Waals surface area (Å²) in [5, 5.41) is 3.76. The fraction of sp³-hybridized carbons (Fsp3) is 0.667. The van der Waals surface area contributed by atoms with Gasteiger partial charge < -0.3 is 14.8 Å². The molecule has 0 saturated carbocycles. The predicted molar refractivity (Wildman–Crippen MR) is 87.0 cm³/mol. The highest BCUT2D eigenvalue weighted by molar-refractivity contribution is 5.43. The highest BCUT2D eigenvalue weighted by Gasteiger charge is 2.24. The molecule has 0 aromatic heterocycles. The second kappa shape index (κ2) is 7.17. The van der Waals surface area contributed by atoms with Gasteiger partial charge in [0.2, 0.25) is 0 Å². The maximum Gasteiger partial charge on any atom is 0.124 e. The molecule has 1 atom stereocenters. The number of methoxy groups -OCH3 is 1. The standard InChI is InChI=1S/C18H29NO2/c1-12(2)16(13(3)4)11-19-17-8-9-21-18-7-6-14(20-5)10-15(17)18/h6-7,10,12-13,16-17,19H,8-9,11H2,1-5H3. The van der Waals surface area contributed by atoms with E-state index in [1.54, 1.807) is 7.11 Å². The van der Waals surface area contributed by atoms with E-state index in [0.717, 1.165) is 31.1 Å². The Bertz CT molecular complexity index is 449. The molecule has 0 fully saturated rings. The van der Waals surface area contributed by atoms with E-state index >= 15 is 0 Å². The van der Waals surface area contributed by atoms with Crippen LogP contribution in [-0.2, 0) is 0 Å². The monoisotopic (exact) mass is 291 g/mol. The lowest BCUT2D eigenvalue weighted by Gasteiger charge is -2.31. The Balaban J connectivity index is 2.09. The first-order chi connectivity index (χ1) is 10.0. The van der Waals surface area contributed by atoms with Crippen LogP contribution in [0.4, 0.5) is 0 Å². The zero-order valence-corrected chi connectivity index (χ0v) is 14.0. The molecule has 3 heteroatoms. The summed E-state index contributed by atoms with van der Waals surface area (Å²) in [5.41, 5.74) is 1.23. The highest BCUT2D eigenvalue weighted by atomic mass is 16.5. The Morgan fingerprint density at radius 2 is 1.95 bits per heavy atom. The summed E-state index contributed by atoms with van der Waals surface area (Å²) in [6.07, 6.45) is 1.02. The molecule has 1 heterocycles. The molecular weight excluding hydrogens is 262 g/mol. The van der Waals surface area contributed by atoms with Crippen molar-refractivity contribution < 1.29 is 9.47 Å². The average Bonchev–Trinajstić information content (AvgIpc) is 2.46. The molecule has 0 radical (unpaired) electrons. The van der Waals surface area contributed by atoms with Crippen LogP contribution in [0.2, 0.25) is 0 Å². The van der Waals surface area contributed by atoms with Gasteiger partial charge in [-0.3, -0.25) is 0 Å². The van der Waals surface area contributed by atoms with Crippen LogP contribution in [0.5, 0.6) is 11.5 Å². The molecule has 21 heavy (non-hydrogen) atoms. The summed E-state index contributed by atoms with van der Waals surface area (Å²) in [6, 6.07) is 6.45. The van der Waals surface area contributed by atoms with Crippen LogP contribution in [-0.4, -0.2) is 20.3 Å². The molecule has 3 nitrogen and oxygen atoms in total. The summed E-state index contributed by atoms with van der Waals surface area (Å²) in [4.78, 5) is 0. The Kier molecular flexibility index (Phi) is 5.51. The third-order valence-electron chi connectivity index (χ3n) is 4.57. The first-order valence-corrected chi connectivity index (χ1v) is 8.07. The van der Waals surface area contributed by atoms with E-state index in [0.29, 0.717) is 23.8 Å². The number of hydrogen-bond acceptors (Lipinski definition) is 3. The maximum atomic E-state index is 5.76. The SMILES string of the molecule is COc1ccc2c(c1)C(NCC(C(C)C)C(C)C)CCO2. The van der Waals surface area contributed by atoms with E-state index in [-0.39, 0.29) is 0 Å². The van der Waals surface area contributed by atoms with Crippen LogP contribution < -0.4 is 14.8 Å². The largest absolute Gasteiger partial charge is 0.497 e. The fourth-order valence-corrected chi connectivity index (χ4v) is 3.23. The Hall–Kier alpha value is -1.22. The number of nitrogens with one attached hydrogen (secondary N) is 1. The summed E-state index contributed by atoms with van der Waals surface area (Å²) < 4.78 is 11.1. The predicted octanol–water partition coefficient (Wildman–Crippen LogP) is 4.04. The van der Waals surface area contributed by atoms with Crippen molar-refractivity contribution in [1.29, 1.82) is 0 Å². The first kappa shape index (κ1) is 16.2. The van der Waals surface area contributed by atoms with Crippen molar-refractivity contribution in [3.63, 3.8) is 0 Å². The van der Waals surface area contributed by atoms with Crippen molar-refractivity contribution in [2.24, 2.45) is 17.8 Å². The number of rotatable bonds is 6. The molecule has 1 unspecified atom stereocenters. The third kappa shape index (κ3) is 3.91. The summed E-state index contributed by atoms with van der Waals surface area (Å²) >= 11 is 0. The van der Waals surface area contributed by atoms with Crippen LogP contribution in [0.3, 0.4) is 0 Å². The van der Waals surface area contributed by atoms with Crippen LogP contribution in [0.25, 0.3) is 0 Å². The van der Waals surface area contributed by atoms with Gasteiger partial charge in [-0.15, -0.1) is 0 Å². The molecule has 1 aromatic carbocycles. The maximum absolute atomic E-state index is 5.76. The molecule has 1 aliphatic heterocycles. The van der Waals surface area contributed by atoms with E-state index in [9.17, 15) is 0 Å². The lowest BCUT2D eigenvalue weighted by atomic mass is 9.85. The average molecular weight is 291 g/mol. The zero-order chi connectivity index (χ0) is 15.4. The minimum absolute atomic E-state index is 0.365. The van der Waals surface area contributed by atoms with Gasteiger partial charge in [0.1, 0.15) is 11.5 Å². The van der Waals surface area contributed by atoms with E-state index in [1.807, 2.05) is 12.1 Å². The Morgan fingerprint density at radius 1 is 1.24 bits per heavy atom. The molecule has 1 aromatic rings. The fourth-order valence-electron chi connectivity index (χ4n) is 3.23. The molecule has 0 aliphatic carbocycles. The normalized spacial score (nSPS) is 18.0. The Labute approximate surface area is 129 Å². The van der Waals surface area contributed by atoms with Crippen molar-refractivity contribution in [1.82, 2.24) is 5.32 Å². The van der Waals surface area contributed by atoms with Gasteiger partial charge in [-0.1, -0.05) is 27.7 Å². The summed E-state index contributed by atoms with van der Waals surface area (Å²) in [6.45, 7) is 11.1. The van der Waals surface area contributed by atoms with Gasteiger partial charge in [-0.05, 0) is 42.5 Å². The number of hydrogen-bond donors (Lipinski definition) is 1. The molecule has 0 saturated heterocycles. The second-order valence-electron chi connectivity index (χ2n) is 6.65. The molecular formula is C18H29NO2. The topological polar surface area (TPSA) is 30.5 Å². The van der Waals surface area contributed by atoms with Crippen molar-refractivity contribution >= 4 is 0 Å². The second-order valence-corrected chi connectivity index (χ2v) is 6.65. The molecule has 1 N–H and O–H groups in total. The number of benzene rings is 1. The van der Waals surface area contributed by atoms with Crippen molar-refractivity contribution in [3.8, 4) is 11.5 Å². The lowest BCUT2D eigenvalue weighted by Crippen LogP contribution is -2.34. The van der Waals surface area contributed by atoms with Crippen molar-refractivity contribution in [2.45, 2.75) is 40.2 Å². The van der Waals surface area contributed by atoms with Gasteiger partial charge >= 0.3 is 0 Å². The van der Waals surface area contributed by atoms with E-state index in [4.69, 9.17) is 9.47 Å². The van der Waals surface area contributed by atoms with E-state index < -0.39 is 0 Å².